The normalized spacial score (nSPS) is 20.5. The van der Waals surface area contributed by atoms with E-state index in [0.29, 0.717) is 0 Å². The van der Waals surface area contributed by atoms with Gasteiger partial charge in [0, 0.05) is 17.2 Å². The number of anilines is 1. The minimum absolute atomic E-state index is 0.845. The molecule has 1 atom stereocenters. The highest BCUT2D eigenvalue weighted by Crippen LogP contribution is 2.15. The van der Waals surface area contributed by atoms with E-state index in [9.17, 15) is 0 Å². The van der Waals surface area contributed by atoms with Gasteiger partial charge in [-0.15, -0.1) is 0 Å². The van der Waals surface area contributed by atoms with E-state index in [1.165, 1.54) is 25.9 Å². The summed E-state index contributed by atoms with van der Waals surface area (Å²) in [5.74, 6) is 0.845. The molecule has 1 aliphatic rings. The Morgan fingerprint density at radius 3 is 3.20 bits per heavy atom. The Balaban J connectivity index is 1.73. The third kappa shape index (κ3) is 3.47. The average molecular weight is 270 g/mol. The van der Waals surface area contributed by atoms with Gasteiger partial charge >= 0.3 is 0 Å². The molecule has 1 aliphatic heterocycles. The van der Waals surface area contributed by atoms with Crippen molar-refractivity contribution in [3.8, 4) is 0 Å². The first-order valence-electron chi connectivity index (χ1n) is 5.40. The molecule has 0 aromatic carbocycles. The molecule has 0 radical (unpaired) electrons. The fourth-order valence-electron chi connectivity index (χ4n) is 1.89. The first-order chi connectivity index (χ1) is 7.34. The van der Waals surface area contributed by atoms with Gasteiger partial charge in [0.05, 0.1) is 11.9 Å². The molecule has 0 amide bonds. The highest BCUT2D eigenvalue weighted by Gasteiger charge is 2.13. The van der Waals surface area contributed by atoms with Crippen LogP contribution in [0.1, 0.15) is 12.8 Å². The third-order valence-electron chi connectivity index (χ3n) is 2.75. The fraction of sp³-hybridized carbons (Fsp3) is 0.545. The van der Waals surface area contributed by atoms with Crippen LogP contribution >= 0.6 is 15.9 Å². The molecule has 0 aliphatic carbocycles. The second-order valence-electron chi connectivity index (χ2n) is 3.97. The van der Waals surface area contributed by atoms with Gasteiger partial charge in [-0.25, -0.2) is 0 Å². The van der Waals surface area contributed by atoms with Gasteiger partial charge in [-0.2, -0.15) is 0 Å². The molecule has 0 saturated carbocycles. The van der Waals surface area contributed by atoms with Crippen LogP contribution in [0.25, 0.3) is 0 Å². The summed E-state index contributed by atoms with van der Waals surface area (Å²) in [6.45, 7) is 3.39. The topological polar surface area (TPSA) is 37.0 Å². The monoisotopic (exact) mass is 269 g/mol. The van der Waals surface area contributed by atoms with Crippen LogP contribution in [0.15, 0.2) is 22.9 Å². The zero-order valence-corrected chi connectivity index (χ0v) is 10.3. The number of halogens is 1. The fourth-order valence-corrected chi connectivity index (χ4v) is 2.25. The second kappa shape index (κ2) is 5.47. The number of hydrogen-bond acceptors (Lipinski definition) is 3. The Morgan fingerprint density at radius 2 is 2.47 bits per heavy atom. The Morgan fingerprint density at radius 1 is 1.53 bits per heavy atom. The molecule has 15 heavy (non-hydrogen) atoms. The van der Waals surface area contributed by atoms with Crippen molar-refractivity contribution in [3.63, 3.8) is 0 Å². The van der Waals surface area contributed by atoms with E-state index < -0.39 is 0 Å². The van der Waals surface area contributed by atoms with Crippen LogP contribution in [0.5, 0.6) is 0 Å². The predicted molar refractivity (Wildman–Crippen MR) is 66.0 cm³/mol. The van der Waals surface area contributed by atoms with Gasteiger partial charge < -0.3 is 10.6 Å². The number of nitrogens with one attached hydrogen (secondary N) is 2. The molecule has 3 nitrogen and oxygen atoms in total. The van der Waals surface area contributed by atoms with Crippen molar-refractivity contribution in [2.24, 2.45) is 5.92 Å². The van der Waals surface area contributed by atoms with Crippen LogP contribution in [0.4, 0.5) is 5.69 Å². The summed E-state index contributed by atoms with van der Waals surface area (Å²) in [6, 6.07) is 2.06. The molecule has 1 fully saturated rings. The van der Waals surface area contributed by atoms with Gasteiger partial charge in [-0.1, -0.05) is 0 Å². The molecule has 0 spiro atoms. The van der Waals surface area contributed by atoms with Gasteiger partial charge in [0.25, 0.3) is 0 Å². The third-order valence-corrected chi connectivity index (χ3v) is 3.18. The van der Waals surface area contributed by atoms with E-state index >= 15 is 0 Å². The zero-order chi connectivity index (χ0) is 10.5. The smallest absolute Gasteiger partial charge is 0.0538 e. The summed E-state index contributed by atoms with van der Waals surface area (Å²) in [6.07, 6.45) is 6.21. The van der Waals surface area contributed by atoms with Crippen LogP contribution in [0, 0.1) is 5.92 Å². The molecule has 1 unspecified atom stereocenters. The zero-order valence-electron chi connectivity index (χ0n) is 8.67. The molecule has 1 saturated heterocycles. The maximum atomic E-state index is 4.11. The Bertz CT molecular complexity index is 310. The molecule has 2 rings (SSSR count). The van der Waals surface area contributed by atoms with E-state index in [1.54, 1.807) is 6.20 Å². The number of nitrogens with zero attached hydrogens (tertiary/aromatic N) is 1. The summed E-state index contributed by atoms with van der Waals surface area (Å²) in [5.41, 5.74) is 1.09. The minimum atomic E-state index is 0.845. The molecule has 4 heteroatoms. The van der Waals surface area contributed by atoms with E-state index in [0.717, 1.165) is 22.6 Å². The molecule has 82 valence electrons. The summed E-state index contributed by atoms with van der Waals surface area (Å²) in [7, 11) is 0. The van der Waals surface area contributed by atoms with Crippen LogP contribution in [0.3, 0.4) is 0 Å². The van der Waals surface area contributed by atoms with Gasteiger partial charge in [-0.3, -0.25) is 4.98 Å². The van der Waals surface area contributed by atoms with E-state index in [4.69, 9.17) is 0 Å². The van der Waals surface area contributed by atoms with Gasteiger partial charge in [0.1, 0.15) is 0 Å². The van der Waals surface area contributed by atoms with Crippen molar-refractivity contribution in [2.45, 2.75) is 12.8 Å². The van der Waals surface area contributed by atoms with Crippen molar-refractivity contribution in [3.05, 3.63) is 22.9 Å². The summed E-state index contributed by atoms with van der Waals surface area (Å²) in [5, 5.41) is 6.77. The van der Waals surface area contributed by atoms with Crippen molar-refractivity contribution >= 4 is 21.6 Å². The van der Waals surface area contributed by atoms with Crippen LogP contribution < -0.4 is 10.6 Å². The largest absolute Gasteiger partial charge is 0.384 e. The minimum Gasteiger partial charge on any atom is -0.384 e. The van der Waals surface area contributed by atoms with Crippen LogP contribution in [0.2, 0.25) is 0 Å². The first-order valence-corrected chi connectivity index (χ1v) is 6.19. The van der Waals surface area contributed by atoms with E-state index in [1.807, 2.05) is 6.20 Å². The van der Waals surface area contributed by atoms with E-state index in [-0.39, 0.29) is 0 Å². The number of rotatable bonds is 4. The lowest BCUT2D eigenvalue weighted by Gasteiger charge is -2.10. The lowest BCUT2D eigenvalue weighted by Crippen LogP contribution is -2.12. The van der Waals surface area contributed by atoms with Crippen LogP contribution in [-0.2, 0) is 0 Å². The molecule has 2 N–H and O–H groups in total. The van der Waals surface area contributed by atoms with Gasteiger partial charge in [0.2, 0.25) is 0 Å². The van der Waals surface area contributed by atoms with Crippen molar-refractivity contribution in [1.82, 2.24) is 10.3 Å². The SMILES string of the molecule is Brc1cncc(NCCC2CCNC2)c1. The Labute approximate surface area is 98.8 Å². The van der Waals surface area contributed by atoms with E-state index in [2.05, 4.69) is 37.6 Å². The van der Waals surface area contributed by atoms with Gasteiger partial charge in [-0.05, 0) is 53.8 Å². The highest BCUT2D eigenvalue weighted by molar-refractivity contribution is 9.10. The van der Waals surface area contributed by atoms with Crippen LogP contribution in [-0.4, -0.2) is 24.6 Å². The van der Waals surface area contributed by atoms with Crippen molar-refractivity contribution in [2.75, 3.05) is 25.0 Å². The molecule has 0 bridgehead atoms. The quantitative estimate of drug-likeness (QED) is 0.881. The molecule has 1 aromatic heterocycles. The number of hydrogen-bond donors (Lipinski definition) is 2. The van der Waals surface area contributed by atoms with Gasteiger partial charge in [0.15, 0.2) is 0 Å². The molecular weight excluding hydrogens is 254 g/mol. The molecule has 1 aromatic rings. The second-order valence-corrected chi connectivity index (χ2v) is 4.88. The van der Waals surface area contributed by atoms with Crippen molar-refractivity contribution in [1.29, 1.82) is 0 Å². The Kier molecular flexibility index (Phi) is 3.97. The highest BCUT2D eigenvalue weighted by atomic mass is 79.9. The maximum Gasteiger partial charge on any atom is 0.0538 e. The molecular formula is C11H16BrN3. The predicted octanol–water partition coefficient (Wildman–Crippen LogP) is 2.26. The van der Waals surface area contributed by atoms with Crippen molar-refractivity contribution < 1.29 is 0 Å². The lowest BCUT2D eigenvalue weighted by molar-refractivity contribution is 0.549. The first kappa shape index (κ1) is 10.9. The lowest BCUT2D eigenvalue weighted by atomic mass is 10.1. The standard InChI is InChI=1S/C11H16BrN3/c12-10-5-11(8-14-7-10)15-4-2-9-1-3-13-6-9/h5,7-9,13,15H,1-4,6H2. The summed E-state index contributed by atoms with van der Waals surface area (Å²) in [4.78, 5) is 4.11. The maximum absolute atomic E-state index is 4.11. The summed E-state index contributed by atoms with van der Waals surface area (Å²) >= 11 is 3.41. The average Bonchev–Trinajstić information content (AvgIpc) is 2.71. The summed E-state index contributed by atoms with van der Waals surface area (Å²) < 4.78 is 1.02. The number of pyridine rings is 1. The Hall–Kier alpha value is -0.610. The molecule has 2 heterocycles. The number of aromatic nitrogens is 1.